The zero-order chi connectivity index (χ0) is 21.1. The Morgan fingerprint density at radius 2 is 1.48 bits per heavy atom. The van der Waals surface area contributed by atoms with Crippen LogP contribution in [-0.2, 0) is 6.54 Å². The normalized spacial score (nSPS) is 10.0. The zero-order valence-electron chi connectivity index (χ0n) is 16.9. The summed E-state index contributed by atoms with van der Waals surface area (Å²) in [5.41, 5.74) is 6.72. The maximum atomic E-state index is 12.6. The second-order valence-electron chi connectivity index (χ2n) is 5.85. The van der Waals surface area contributed by atoms with Gasteiger partial charge in [0.05, 0.1) is 19.8 Å². The summed E-state index contributed by atoms with van der Waals surface area (Å²) in [5.74, 6) is 1.02. The second kappa shape index (κ2) is 11.8. The minimum Gasteiger partial charge on any atom is -0.490 e. The Labute approximate surface area is 176 Å². The van der Waals surface area contributed by atoms with E-state index in [0.29, 0.717) is 54.3 Å². The molecule has 2 aromatic rings. The molecular formula is C21H27N3O4S. The average molecular weight is 418 g/mol. The van der Waals surface area contributed by atoms with Gasteiger partial charge in [0, 0.05) is 12.1 Å². The third-order valence-electron chi connectivity index (χ3n) is 3.76. The molecule has 0 aromatic heterocycles. The third kappa shape index (κ3) is 6.83. The van der Waals surface area contributed by atoms with Gasteiger partial charge in [-0.05, 0) is 50.7 Å². The number of nitrogens with one attached hydrogen (secondary N) is 3. The van der Waals surface area contributed by atoms with Crippen molar-refractivity contribution in [2.75, 3.05) is 19.8 Å². The summed E-state index contributed by atoms with van der Waals surface area (Å²) in [7, 11) is 0. The predicted molar refractivity (Wildman–Crippen MR) is 116 cm³/mol. The summed E-state index contributed by atoms with van der Waals surface area (Å²) in [6, 6.07) is 13.1. The Bertz CT molecular complexity index is 788. The summed E-state index contributed by atoms with van der Waals surface area (Å²) >= 11 is 5.21. The van der Waals surface area contributed by atoms with Crippen molar-refractivity contribution in [3.63, 3.8) is 0 Å². The molecule has 2 aromatic carbocycles. The van der Waals surface area contributed by atoms with E-state index in [2.05, 4.69) is 16.2 Å². The molecule has 7 nitrogen and oxygen atoms in total. The maximum Gasteiger partial charge on any atom is 0.269 e. The highest BCUT2D eigenvalue weighted by atomic mass is 32.1. The van der Waals surface area contributed by atoms with Gasteiger partial charge >= 0.3 is 0 Å². The molecule has 3 N–H and O–H groups in total. The number of carbonyl (C=O) groups excluding carboxylic acids is 1. The molecule has 0 radical (unpaired) electrons. The first kappa shape index (κ1) is 22.3. The van der Waals surface area contributed by atoms with Crippen LogP contribution in [0.2, 0.25) is 0 Å². The molecule has 0 aliphatic heterocycles. The molecular weight excluding hydrogens is 390 g/mol. The Hall–Kier alpha value is -3.00. The number of amides is 1. The molecule has 8 heteroatoms. The van der Waals surface area contributed by atoms with Crippen LogP contribution in [-0.4, -0.2) is 30.8 Å². The van der Waals surface area contributed by atoms with Crippen molar-refractivity contribution in [1.82, 2.24) is 16.2 Å². The maximum absolute atomic E-state index is 12.6. The highest BCUT2D eigenvalue weighted by Gasteiger charge is 2.18. The van der Waals surface area contributed by atoms with Crippen LogP contribution in [0.25, 0.3) is 0 Å². The van der Waals surface area contributed by atoms with Gasteiger partial charge in [-0.15, -0.1) is 0 Å². The van der Waals surface area contributed by atoms with Gasteiger partial charge in [-0.25, -0.2) is 0 Å². The van der Waals surface area contributed by atoms with Crippen LogP contribution in [0.5, 0.6) is 17.2 Å². The minimum atomic E-state index is -0.376. The third-order valence-corrected chi connectivity index (χ3v) is 4.00. The first-order valence-electron chi connectivity index (χ1n) is 9.53. The lowest BCUT2D eigenvalue weighted by Gasteiger charge is -2.17. The van der Waals surface area contributed by atoms with Gasteiger partial charge in [0.1, 0.15) is 0 Å². The van der Waals surface area contributed by atoms with Crippen LogP contribution < -0.4 is 30.4 Å². The smallest absolute Gasteiger partial charge is 0.269 e. The molecule has 0 saturated heterocycles. The molecule has 0 fully saturated rings. The highest BCUT2D eigenvalue weighted by Crippen LogP contribution is 2.39. The summed E-state index contributed by atoms with van der Waals surface area (Å²) in [6.07, 6.45) is 0. The Kier molecular flexibility index (Phi) is 9.04. The van der Waals surface area contributed by atoms with Crippen LogP contribution in [0.15, 0.2) is 42.5 Å². The molecule has 2 rings (SSSR count). The molecule has 1 amide bonds. The fourth-order valence-electron chi connectivity index (χ4n) is 2.53. The lowest BCUT2D eigenvalue weighted by atomic mass is 10.1. The summed E-state index contributed by atoms with van der Waals surface area (Å²) in [6.45, 7) is 7.47. The molecule has 29 heavy (non-hydrogen) atoms. The van der Waals surface area contributed by atoms with Crippen molar-refractivity contribution in [2.45, 2.75) is 27.3 Å². The molecule has 0 saturated carbocycles. The molecule has 0 aliphatic carbocycles. The van der Waals surface area contributed by atoms with E-state index in [-0.39, 0.29) is 5.91 Å². The zero-order valence-corrected chi connectivity index (χ0v) is 17.7. The monoisotopic (exact) mass is 417 g/mol. The van der Waals surface area contributed by atoms with Crippen LogP contribution in [0.3, 0.4) is 0 Å². The van der Waals surface area contributed by atoms with E-state index in [9.17, 15) is 4.79 Å². The Balaban J connectivity index is 2.03. The molecule has 0 atom stereocenters. The number of hydrazine groups is 1. The van der Waals surface area contributed by atoms with Crippen molar-refractivity contribution in [1.29, 1.82) is 0 Å². The van der Waals surface area contributed by atoms with E-state index in [0.717, 1.165) is 5.56 Å². The number of thiocarbonyl (C=S) groups is 1. The number of ether oxygens (including phenoxy) is 3. The predicted octanol–water partition coefficient (Wildman–Crippen LogP) is 3.19. The summed E-state index contributed by atoms with van der Waals surface area (Å²) in [4.78, 5) is 12.6. The number of carbonyl (C=O) groups is 1. The standard InChI is InChI=1S/C21H27N3O4S/c1-4-26-17-12-16(13-18(27-5-2)19(17)28-6-3)20(25)23-24-21(29)22-14-15-10-8-7-9-11-15/h7-13H,4-6,14H2,1-3H3,(H,23,25)(H2,22,24,29). The van der Waals surface area contributed by atoms with Gasteiger partial charge in [-0.2, -0.15) is 0 Å². The van der Waals surface area contributed by atoms with Gasteiger partial charge < -0.3 is 19.5 Å². The van der Waals surface area contributed by atoms with Crippen molar-refractivity contribution >= 4 is 23.2 Å². The van der Waals surface area contributed by atoms with Crippen molar-refractivity contribution in [3.8, 4) is 17.2 Å². The van der Waals surface area contributed by atoms with Gasteiger partial charge in [-0.1, -0.05) is 30.3 Å². The Morgan fingerprint density at radius 3 is 2.03 bits per heavy atom. The van der Waals surface area contributed by atoms with Crippen LogP contribution in [0, 0.1) is 0 Å². The van der Waals surface area contributed by atoms with E-state index in [1.807, 2.05) is 51.1 Å². The van der Waals surface area contributed by atoms with Crippen molar-refractivity contribution in [2.24, 2.45) is 0 Å². The number of benzene rings is 2. The van der Waals surface area contributed by atoms with E-state index in [1.165, 1.54) is 0 Å². The summed E-state index contributed by atoms with van der Waals surface area (Å²) < 4.78 is 16.9. The van der Waals surface area contributed by atoms with Gasteiger partial charge in [0.2, 0.25) is 5.75 Å². The molecule has 0 bridgehead atoms. The first-order chi connectivity index (χ1) is 14.1. The number of hydrogen-bond donors (Lipinski definition) is 3. The van der Waals surface area contributed by atoms with Crippen molar-refractivity contribution < 1.29 is 19.0 Å². The molecule has 0 aliphatic rings. The lowest BCUT2D eigenvalue weighted by Crippen LogP contribution is -2.46. The molecule has 156 valence electrons. The lowest BCUT2D eigenvalue weighted by molar-refractivity contribution is 0.0942. The SMILES string of the molecule is CCOc1cc(C(=O)NNC(=S)NCc2ccccc2)cc(OCC)c1OCC. The largest absolute Gasteiger partial charge is 0.490 e. The van der Waals surface area contributed by atoms with Crippen LogP contribution >= 0.6 is 12.2 Å². The van der Waals surface area contributed by atoms with Gasteiger partial charge in [0.25, 0.3) is 5.91 Å². The quantitative estimate of drug-likeness (QED) is 0.427. The van der Waals surface area contributed by atoms with Crippen molar-refractivity contribution in [3.05, 3.63) is 53.6 Å². The Morgan fingerprint density at radius 1 is 0.897 bits per heavy atom. The van der Waals surface area contributed by atoms with E-state index >= 15 is 0 Å². The fourth-order valence-corrected chi connectivity index (χ4v) is 2.65. The van der Waals surface area contributed by atoms with Gasteiger partial charge in [0.15, 0.2) is 16.6 Å². The molecule has 0 unspecified atom stereocenters. The fraction of sp³-hybridized carbons (Fsp3) is 0.333. The summed E-state index contributed by atoms with van der Waals surface area (Å²) in [5, 5.41) is 3.34. The van der Waals surface area contributed by atoms with Gasteiger partial charge in [-0.3, -0.25) is 15.6 Å². The number of rotatable bonds is 9. The minimum absolute atomic E-state index is 0.309. The highest BCUT2D eigenvalue weighted by molar-refractivity contribution is 7.80. The molecule has 0 heterocycles. The topological polar surface area (TPSA) is 80.9 Å². The first-order valence-corrected chi connectivity index (χ1v) is 9.94. The second-order valence-corrected chi connectivity index (χ2v) is 6.26. The van der Waals surface area contributed by atoms with Crippen LogP contribution in [0.4, 0.5) is 0 Å². The average Bonchev–Trinajstić information content (AvgIpc) is 2.73. The van der Waals surface area contributed by atoms with E-state index in [1.54, 1.807) is 12.1 Å². The van der Waals surface area contributed by atoms with E-state index < -0.39 is 0 Å². The van der Waals surface area contributed by atoms with Crippen LogP contribution in [0.1, 0.15) is 36.7 Å². The molecule has 0 spiro atoms. The number of hydrogen-bond acceptors (Lipinski definition) is 5. The van der Waals surface area contributed by atoms with E-state index in [4.69, 9.17) is 26.4 Å².